The van der Waals surface area contributed by atoms with Gasteiger partial charge in [-0.05, 0) is 32.1 Å². The Morgan fingerprint density at radius 2 is 1.73 bits per heavy atom. The highest BCUT2D eigenvalue weighted by Crippen LogP contribution is 2.27. The molecule has 88 valence electrons. The third kappa shape index (κ3) is 2.71. The summed E-state index contributed by atoms with van der Waals surface area (Å²) in [6.45, 7) is 10.4. The number of methoxy groups -OCH3 is 1. The fourth-order valence-electron chi connectivity index (χ4n) is 2.50. The van der Waals surface area contributed by atoms with E-state index in [1.165, 1.54) is 13.5 Å². The summed E-state index contributed by atoms with van der Waals surface area (Å²) >= 11 is 0. The van der Waals surface area contributed by atoms with Crippen molar-refractivity contribution in [1.29, 1.82) is 0 Å². The van der Waals surface area contributed by atoms with Crippen molar-refractivity contribution in [3.63, 3.8) is 0 Å². The Kier molecular flexibility index (Phi) is 3.77. The number of likely N-dealkylation sites (tertiary alicyclic amines) is 1. The van der Waals surface area contributed by atoms with Gasteiger partial charge in [0.2, 0.25) is 0 Å². The molecule has 1 aliphatic heterocycles. The number of carbonyl (C=O) groups excluding carboxylic acids is 1. The number of hydrogen-bond acceptors (Lipinski definition) is 3. The number of nitrogens with zero attached hydrogens (tertiary/aromatic N) is 1. The maximum Gasteiger partial charge on any atom is 0.325 e. The largest absolute Gasteiger partial charge is 0.468 e. The third-order valence-electron chi connectivity index (χ3n) is 3.34. The lowest BCUT2D eigenvalue weighted by molar-refractivity contribution is -0.155. The van der Waals surface area contributed by atoms with Crippen molar-refractivity contribution in [3.8, 4) is 0 Å². The number of rotatable bonds is 2. The molecule has 0 amide bonds. The average molecular weight is 213 g/mol. The first-order chi connectivity index (χ1) is 6.87. The molecule has 0 spiro atoms. The molecule has 1 heterocycles. The normalized spacial score (nSPS) is 28.9. The first-order valence-electron chi connectivity index (χ1n) is 5.71. The van der Waals surface area contributed by atoms with Crippen LogP contribution < -0.4 is 0 Å². The molecule has 0 bridgehead atoms. The van der Waals surface area contributed by atoms with Crippen molar-refractivity contribution in [3.05, 3.63) is 0 Å². The quantitative estimate of drug-likeness (QED) is 0.656. The van der Waals surface area contributed by atoms with Gasteiger partial charge in [0.25, 0.3) is 0 Å². The van der Waals surface area contributed by atoms with Crippen LogP contribution in [0.15, 0.2) is 0 Å². The zero-order valence-corrected chi connectivity index (χ0v) is 10.5. The summed E-state index contributed by atoms with van der Waals surface area (Å²) in [7, 11) is 1.46. The minimum absolute atomic E-state index is 0.135. The average Bonchev–Trinajstić information content (AvgIpc) is 2.15. The Bertz CT molecular complexity index is 228. The van der Waals surface area contributed by atoms with Crippen LogP contribution in [-0.4, -0.2) is 36.6 Å². The van der Waals surface area contributed by atoms with Crippen LogP contribution in [-0.2, 0) is 9.53 Å². The van der Waals surface area contributed by atoms with Gasteiger partial charge in [-0.2, -0.15) is 0 Å². The molecule has 1 fully saturated rings. The maximum absolute atomic E-state index is 11.7. The molecule has 3 nitrogen and oxygen atoms in total. The van der Waals surface area contributed by atoms with Crippen molar-refractivity contribution in [1.82, 2.24) is 4.90 Å². The summed E-state index contributed by atoms with van der Waals surface area (Å²) in [6.07, 6.45) is 1.26. The van der Waals surface area contributed by atoms with E-state index in [4.69, 9.17) is 4.74 Å². The van der Waals surface area contributed by atoms with Gasteiger partial charge in [-0.3, -0.25) is 9.69 Å². The van der Waals surface area contributed by atoms with E-state index in [2.05, 4.69) is 18.7 Å². The summed E-state index contributed by atoms with van der Waals surface area (Å²) in [4.78, 5) is 13.9. The van der Waals surface area contributed by atoms with E-state index in [1.54, 1.807) is 0 Å². The van der Waals surface area contributed by atoms with E-state index in [0.29, 0.717) is 11.8 Å². The lowest BCUT2D eigenvalue weighted by Crippen LogP contribution is -2.55. The van der Waals surface area contributed by atoms with Crippen molar-refractivity contribution in [2.24, 2.45) is 11.8 Å². The van der Waals surface area contributed by atoms with Gasteiger partial charge in [0.05, 0.1) is 7.11 Å². The molecular formula is C12H23NO2. The SMILES string of the molecule is COC(=O)C(C)(C)N1C[C@H](C)C[C@H](C)C1. The highest BCUT2D eigenvalue weighted by molar-refractivity contribution is 5.79. The summed E-state index contributed by atoms with van der Waals surface area (Å²) < 4.78 is 4.86. The summed E-state index contributed by atoms with van der Waals surface area (Å²) in [6, 6.07) is 0. The van der Waals surface area contributed by atoms with Crippen molar-refractivity contribution < 1.29 is 9.53 Å². The first-order valence-corrected chi connectivity index (χ1v) is 5.71. The fraction of sp³-hybridized carbons (Fsp3) is 0.917. The van der Waals surface area contributed by atoms with Crippen LogP contribution in [0.1, 0.15) is 34.1 Å². The third-order valence-corrected chi connectivity index (χ3v) is 3.34. The fourth-order valence-corrected chi connectivity index (χ4v) is 2.50. The lowest BCUT2D eigenvalue weighted by atomic mass is 9.88. The van der Waals surface area contributed by atoms with Crippen LogP contribution in [0.2, 0.25) is 0 Å². The van der Waals surface area contributed by atoms with Gasteiger partial charge in [0.1, 0.15) is 5.54 Å². The highest BCUT2D eigenvalue weighted by Gasteiger charge is 2.38. The zero-order valence-electron chi connectivity index (χ0n) is 10.5. The molecule has 0 aromatic rings. The second kappa shape index (κ2) is 4.52. The Balaban J connectivity index is 2.73. The van der Waals surface area contributed by atoms with Crippen LogP contribution in [0.3, 0.4) is 0 Å². The first kappa shape index (κ1) is 12.5. The molecule has 3 heteroatoms. The van der Waals surface area contributed by atoms with Crippen LogP contribution in [0, 0.1) is 11.8 Å². The predicted molar refractivity (Wildman–Crippen MR) is 60.6 cm³/mol. The molecule has 0 radical (unpaired) electrons. The molecular weight excluding hydrogens is 190 g/mol. The van der Waals surface area contributed by atoms with Crippen molar-refractivity contribution in [2.75, 3.05) is 20.2 Å². The van der Waals surface area contributed by atoms with Crippen LogP contribution in [0.4, 0.5) is 0 Å². The molecule has 1 aliphatic rings. The lowest BCUT2D eigenvalue weighted by Gasteiger charge is -2.43. The topological polar surface area (TPSA) is 29.5 Å². The number of ether oxygens (including phenoxy) is 1. The number of hydrogen-bond donors (Lipinski definition) is 0. The van der Waals surface area contributed by atoms with Crippen LogP contribution in [0.25, 0.3) is 0 Å². The molecule has 15 heavy (non-hydrogen) atoms. The Morgan fingerprint density at radius 1 is 1.27 bits per heavy atom. The van der Waals surface area contributed by atoms with Gasteiger partial charge in [-0.1, -0.05) is 13.8 Å². The molecule has 0 N–H and O–H groups in total. The van der Waals surface area contributed by atoms with Crippen LogP contribution in [0.5, 0.6) is 0 Å². The highest BCUT2D eigenvalue weighted by atomic mass is 16.5. The molecule has 0 saturated carbocycles. The molecule has 1 rings (SSSR count). The van der Waals surface area contributed by atoms with Gasteiger partial charge < -0.3 is 4.74 Å². The number of esters is 1. The van der Waals surface area contributed by atoms with E-state index < -0.39 is 5.54 Å². The smallest absolute Gasteiger partial charge is 0.325 e. The Labute approximate surface area is 92.8 Å². The molecule has 0 aliphatic carbocycles. The van der Waals surface area contributed by atoms with Gasteiger partial charge >= 0.3 is 5.97 Å². The van der Waals surface area contributed by atoms with Crippen LogP contribution >= 0.6 is 0 Å². The van der Waals surface area contributed by atoms with E-state index in [1.807, 2.05) is 13.8 Å². The van der Waals surface area contributed by atoms with Gasteiger partial charge in [-0.15, -0.1) is 0 Å². The summed E-state index contributed by atoms with van der Waals surface area (Å²) in [5, 5.41) is 0. The van der Waals surface area contributed by atoms with Crippen molar-refractivity contribution >= 4 is 5.97 Å². The second-order valence-corrected chi connectivity index (χ2v) is 5.40. The van der Waals surface area contributed by atoms with Gasteiger partial charge in [0.15, 0.2) is 0 Å². The molecule has 1 saturated heterocycles. The van der Waals surface area contributed by atoms with Gasteiger partial charge in [-0.25, -0.2) is 0 Å². The van der Waals surface area contributed by atoms with E-state index in [9.17, 15) is 4.79 Å². The standard InChI is InChI=1S/C12H23NO2/c1-9-6-10(2)8-13(7-9)12(3,4)11(14)15-5/h9-10H,6-8H2,1-5H3/t9-,10+. The van der Waals surface area contributed by atoms with E-state index in [0.717, 1.165) is 13.1 Å². The number of carbonyl (C=O) groups is 1. The summed E-state index contributed by atoms with van der Waals surface area (Å²) in [5.74, 6) is 1.19. The molecule has 0 unspecified atom stereocenters. The molecule has 0 aromatic heterocycles. The number of piperidine rings is 1. The Hall–Kier alpha value is -0.570. The molecule has 0 aromatic carbocycles. The van der Waals surface area contributed by atoms with Crippen molar-refractivity contribution in [2.45, 2.75) is 39.7 Å². The van der Waals surface area contributed by atoms with E-state index >= 15 is 0 Å². The second-order valence-electron chi connectivity index (χ2n) is 5.40. The molecule has 2 atom stereocenters. The maximum atomic E-state index is 11.7. The van der Waals surface area contributed by atoms with E-state index in [-0.39, 0.29) is 5.97 Å². The minimum atomic E-state index is -0.488. The van der Waals surface area contributed by atoms with Gasteiger partial charge in [0, 0.05) is 13.1 Å². The minimum Gasteiger partial charge on any atom is -0.468 e. The zero-order chi connectivity index (χ0) is 11.6. The Morgan fingerprint density at radius 3 is 2.13 bits per heavy atom. The monoisotopic (exact) mass is 213 g/mol. The predicted octanol–water partition coefficient (Wildman–Crippen LogP) is 1.92. The summed E-state index contributed by atoms with van der Waals surface area (Å²) in [5.41, 5.74) is -0.488.